The Balaban J connectivity index is 1.76. The molecule has 3 heterocycles. The normalized spacial score (nSPS) is 16.0. The van der Waals surface area contributed by atoms with Crippen molar-refractivity contribution >= 4 is 22.4 Å². The Hall–Kier alpha value is -1.80. The van der Waals surface area contributed by atoms with Gasteiger partial charge in [-0.05, 0) is 46.7 Å². The average molecular weight is 320 g/mol. The zero-order valence-corrected chi connectivity index (χ0v) is 13.8. The van der Waals surface area contributed by atoms with Gasteiger partial charge in [-0.25, -0.2) is 9.67 Å². The Labute approximate surface area is 133 Å². The number of hydrogen-bond acceptors (Lipinski definition) is 6. The van der Waals surface area contributed by atoms with Crippen LogP contribution < -0.4 is 10.6 Å². The minimum Gasteiger partial charge on any atom is -0.317 e. The summed E-state index contributed by atoms with van der Waals surface area (Å²) in [5.74, 6) is -0.244. The summed E-state index contributed by atoms with van der Waals surface area (Å²) in [5, 5.41) is 15.0. The summed E-state index contributed by atoms with van der Waals surface area (Å²) in [6, 6.07) is 0.319. The van der Waals surface area contributed by atoms with Gasteiger partial charge in [0.15, 0.2) is 10.8 Å². The van der Waals surface area contributed by atoms with E-state index in [-0.39, 0.29) is 5.91 Å². The maximum atomic E-state index is 12.4. The van der Waals surface area contributed by atoms with Gasteiger partial charge >= 0.3 is 0 Å². The lowest BCUT2D eigenvalue weighted by molar-refractivity contribution is 0.102. The lowest BCUT2D eigenvalue weighted by Crippen LogP contribution is -2.30. The predicted octanol–water partition coefficient (Wildman–Crippen LogP) is 1.84. The molecule has 0 bridgehead atoms. The van der Waals surface area contributed by atoms with Gasteiger partial charge in [0.2, 0.25) is 0 Å². The molecule has 1 aliphatic heterocycles. The van der Waals surface area contributed by atoms with Crippen molar-refractivity contribution in [1.29, 1.82) is 0 Å². The fourth-order valence-electron chi connectivity index (χ4n) is 2.63. The summed E-state index contributed by atoms with van der Waals surface area (Å²) in [7, 11) is 0. The summed E-state index contributed by atoms with van der Waals surface area (Å²) in [6.07, 6.45) is 2.02. The molecule has 1 fully saturated rings. The van der Waals surface area contributed by atoms with E-state index in [4.69, 9.17) is 0 Å². The molecule has 1 amide bonds. The summed E-state index contributed by atoms with van der Waals surface area (Å²) in [4.78, 5) is 17.8. The van der Waals surface area contributed by atoms with Crippen molar-refractivity contribution in [1.82, 2.24) is 25.3 Å². The van der Waals surface area contributed by atoms with Crippen LogP contribution >= 0.6 is 11.3 Å². The lowest BCUT2D eigenvalue weighted by atomic mass is 10.1. The first-order valence-corrected chi connectivity index (χ1v) is 8.26. The fourth-order valence-corrected chi connectivity index (χ4v) is 3.44. The van der Waals surface area contributed by atoms with Gasteiger partial charge in [0.1, 0.15) is 0 Å². The molecule has 8 heteroatoms. The van der Waals surface area contributed by atoms with Crippen LogP contribution in [0.15, 0.2) is 0 Å². The van der Waals surface area contributed by atoms with E-state index < -0.39 is 0 Å². The van der Waals surface area contributed by atoms with Crippen molar-refractivity contribution in [3.05, 3.63) is 22.0 Å². The van der Waals surface area contributed by atoms with Crippen LogP contribution in [0.3, 0.4) is 0 Å². The van der Waals surface area contributed by atoms with Gasteiger partial charge in [-0.3, -0.25) is 10.1 Å². The highest BCUT2D eigenvalue weighted by Crippen LogP contribution is 2.23. The number of rotatable bonds is 3. The van der Waals surface area contributed by atoms with Crippen molar-refractivity contribution in [3.63, 3.8) is 0 Å². The van der Waals surface area contributed by atoms with E-state index >= 15 is 0 Å². The molecule has 0 spiro atoms. The first kappa shape index (κ1) is 15.1. The molecule has 2 N–H and O–H groups in total. The molecule has 2 aromatic rings. The number of piperidine rings is 1. The highest BCUT2D eigenvalue weighted by atomic mass is 32.1. The Morgan fingerprint density at radius 1 is 1.32 bits per heavy atom. The van der Waals surface area contributed by atoms with Gasteiger partial charge in [-0.15, -0.1) is 16.4 Å². The highest BCUT2D eigenvalue weighted by Gasteiger charge is 2.23. The fraction of sp³-hybridized carbons (Fsp3) is 0.571. The Morgan fingerprint density at radius 3 is 2.68 bits per heavy atom. The van der Waals surface area contributed by atoms with Crippen molar-refractivity contribution in [2.45, 2.75) is 39.7 Å². The van der Waals surface area contributed by atoms with E-state index in [0.717, 1.165) is 42.2 Å². The molecule has 0 aromatic carbocycles. The molecule has 0 aliphatic carbocycles. The van der Waals surface area contributed by atoms with Gasteiger partial charge in [0.05, 0.1) is 17.4 Å². The standard InChI is InChI=1S/C14H20N6OS/c1-8-10(3)22-14(16-8)17-13(21)12-9(2)20(19-18-12)11-4-6-15-7-5-11/h11,15H,4-7H2,1-3H3,(H,16,17,21). The van der Waals surface area contributed by atoms with Crippen molar-refractivity contribution in [2.24, 2.45) is 0 Å². The van der Waals surface area contributed by atoms with E-state index in [1.165, 1.54) is 11.3 Å². The second kappa shape index (κ2) is 6.13. The van der Waals surface area contributed by atoms with Crippen molar-refractivity contribution < 1.29 is 4.79 Å². The van der Waals surface area contributed by atoms with Gasteiger partial charge in [0.25, 0.3) is 5.91 Å². The molecule has 2 aromatic heterocycles. The second-order valence-corrected chi connectivity index (χ2v) is 6.77. The maximum Gasteiger partial charge on any atom is 0.279 e. The lowest BCUT2D eigenvalue weighted by Gasteiger charge is -2.23. The van der Waals surface area contributed by atoms with Crippen molar-refractivity contribution in [3.8, 4) is 0 Å². The molecule has 0 saturated carbocycles. The third-order valence-electron chi connectivity index (χ3n) is 4.05. The molecule has 3 rings (SSSR count). The third kappa shape index (κ3) is 2.89. The number of aromatic nitrogens is 4. The smallest absolute Gasteiger partial charge is 0.279 e. The van der Waals surface area contributed by atoms with Gasteiger partial charge in [-0.2, -0.15) is 0 Å². The highest BCUT2D eigenvalue weighted by molar-refractivity contribution is 7.15. The number of carbonyl (C=O) groups excluding carboxylic acids is 1. The SMILES string of the molecule is Cc1nc(NC(=O)c2nnn(C3CCNCC3)c2C)sc1C. The molecule has 0 radical (unpaired) electrons. The summed E-state index contributed by atoms with van der Waals surface area (Å²) in [5.41, 5.74) is 2.13. The first-order chi connectivity index (χ1) is 10.6. The zero-order chi connectivity index (χ0) is 15.7. The molecule has 1 saturated heterocycles. The van der Waals surface area contributed by atoms with Gasteiger partial charge < -0.3 is 5.32 Å². The van der Waals surface area contributed by atoms with Gasteiger partial charge in [-0.1, -0.05) is 5.21 Å². The number of thiazole rings is 1. The Kier molecular flexibility index (Phi) is 4.21. The number of hydrogen-bond donors (Lipinski definition) is 2. The van der Waals surface area contributed by atoms with Crippen LogP contribution in [0.25, 0.3) is 0 Å². The second-order valence-electron chi connectivity index (χ2n) is 5.56. The third-order valence-corrected chi connectivity index (χ3v) is 5.03. The molecule has 1 aliphatic rings. The number of nitrogens with one attached hydrogen (secondary N) is 2. The van der Waals surface area contributed by atoms with E-state index in [0.29, 0.717) is 16.9 Å². The quantitative estimate of drug-likeness (QED) is 0.901. The zero-order valence-electron chi connectivity index (χ0n) is 13.0. The van der Waals surface area contributed by atoms with Crippen LogP contribution in [-0.2, 0) is 0 Å². The predicted molar refractivity (Wildman–Crippen MR) is 85.4 cm³/mol. The van der Waals surface area contributed by atoms with Crippen LogP contribution in [-0.4, -0.2) is 39.0 Å². The van der Waals surface area contributed by atoms with Crippen LogP contribution in [0, 0.1) is 20.8 Å². The van der Waals surface area contributed by atoms with Crippen LogP contribution in [0.4, 0.5) is 5.13 Å². The summed E-state index contributed by atoms with van der Waals surface area (Å²) >= 11 is 1.47. The molecule has 118 valence electrons. The Morgan fingerprint density at radius 2 is 2.05 bits per heavy atom. The minimum absolute atomic E-state index is 0.244. The minimum atomic E-state index is -0.244. The molecule has 22 heavy (non-hydrogen) atoms. The van der Waals surface area contributed by atoms with Crippen LogP contribution in [0.2, 0.25) is 0 Å². The van der Waals surface area contributed by atoms with E-state index in [9.17, 15) is 4.79 Å². The van der Waals surface area contributed by atoms with Crippen LogP contribution in [0.1, 0.15) is 45.6 Å². The van der Waals surface area contributed by atoms with Gasteiger partial charge in [0, 0.05) is 4.88 Å². The topological polar surface area (TPSA) is 84.7 Å². The monoisotopic (exact) mass is 320 g/mol. The number of carbonyl (C=O) groups is 1. The number of amides is 1. The Bertz CT molecular complexity index is 666. The number of aryl methyl sites for hydroxylation is 2. The summed E-state index contributed by atoms with van der Waals surface area (Å²) < 4.78 is 1.88. The number of anilines is 1. The number of nitrogens with zero attached hydrogens (tertiary/aromatic N) is 4. The van der Waals surface area contributed by atoms with E-state index in [1.54, 1.807) is 0 Å². The molecule has 0 unspecified atom stereocenters. The average Bonchev–Trinajstić information content (AvgIpc) is 3.03. The molecular weight excluding hydrogens is 300 g/mol. The summed E-state index contributed by atoms with van der Waals surface area (Å²) in [6.45, 7) is 7.77. The maximum absolute atomic E-state index is 12.4. The molecule has 0 atom stereocenters. The van der Waals surface area contributed by atoms with Crippen LogP contribution in [0.5, 0.6) is 0 Å². The first-order valence-electron chi connectivity index (χ1n) is 7.44. The van der Waals surface area contributed by atoms with Crippen molar-refractivity contribution in [2.75, 3.05) is 18.4 Å². The molecular formula is C14H20N6OS. The largest absolute Gasteiger partial charge is 0.317 e. The van der Waals surface area contributed by atoms with E-state index in [2.05, 4.69) is 25.9 Å². The van der Waals surface area contributed by atoms with E-state index in [1.807, 2.05) is 25.5 Å². The molecule has 7 nitrogen and oxygen atoms in total.